The van der Waals surface area contributed by atoms with Gasteiger partial charge in [0.25, 0.3) is 5.91 Å². The molecule has 0 spiro atoms. The Kier molecular flexibility index (Phi) is 5.60. The second kappa shape index (κ2) is 7.45. The highest BCUT2D eigenvalue weighted by atomic mass is 16.5. The van der Waals surface area contributed by atoms with E-state index >= 15 is 0 Å². The van der Waals surface area contributed by atoms with Crippen molar-refractivity contribution in [1.82, 2.24) is 14.8 Å². The maximum absolute atomic E-state index is 12.6. The number of nitrogens with one attached hydrogen (secondary N) is 1. The summed E-state index contributed by atoms with van der Waals surface area (Å²) >= 11 is 0. The van der Waals surface area contributed by atoms with Crippen LogP contribution < -0.4 is 5.32 Å². The predicted molar refractivity (Wildman–Crippen MR) is 83.6 cm³/mol. The lowest BCUT2D eigenvalue weighted by atomic mass is 10.1. The number of rotatable bonds is 7. The number of carbonyl (C=O) groups is 2. The molecule has 22 heavy (non-hydrogen) atoms. The Morgan fingerprint density at radius 3 is 2.95 bits per heavy atom. The lowest BCUT2D eigenvalue weighted by molar-refractivity contribution is -0.126. The zero-order chi connectivity index (χ0) is 16.1. The van der Waals surface area contributed by atoms with Crippen molar-refractivity contribution in [2.45, 2.75) is 32.9 Å². The standard InChI is InChI=1S/C16H25N3O3/c1-12(2)10-19-14(15(20)17-7-5-9-22-3)11-18-8-4-6-13(18)16(19)21/h4,6,8,12,14H,5,7,9-11H2,1-3H3,(H,17,20). The van der Waals surface area contributed by atoms with Crippen LogP contribution in [0.4, 0.5) is 0 Å². The summed E-state index contributed by atoms with van der Waals surface area (Å²) in [6, 6.07) is 3.21. The lowest BCUT2D eigenvalue weighted by Crippen LogP contribution is -2.56. The molecule has 1 aromatic heterocycles. The molecule has 1 unspecified atom stereocenters. The summed E-state index contributed by atoms with van der Waals surface area (Å²) in [5.41, 5.74) is 0.657. The Balaban J connectivity index is 2.09. The van der Waals surface area contributed by atoms with Crippen LogP contribution in [0, 0.1) is 5.92 Å². The first-order chi connectivity index (χ1) is 10.5. The van der Waals surface area contributed by atoms with Crippen molar-refractivity contribution in [3.63, 3.8) is 0 Å². The lowest BCUT2D eigenvalue weighted by Gasteiger charge is -2.36. The molecule has 1 aliphatic heterocycles. The van der Waals surface area contributed by atoms with Crippen LogP contribution in [-0.4, -0.2) is 54.1 Å². The van der Waals surface area contributed by atoms with Crippen LogP contribution in [0.1, 0.15) is 30.8 Å². The Morgan fingerprint density at radius 1 is 1.50 bits per heavy atom. The summed E-state index contributed by atoms with van der Waals surface area (Å²) in [4.78, 5) is 26.8. The van der Waals surface area contributed by atoms with E-state index in [4.69, 9.17) is 4.74 Å². The van der Waals surface area contributed by atoms with E-state index in [1.54, 1.807) is 12.0 Å². The smallest absolute Gasteiger partial charge is 0.271 e. The fourth-order valence-electron chi connectivity index (χ4n) is 2.71. The van der Waals surface area contributed by atoms with E-state index in [1.807, 2.05) is 22.9 Å². The van der Waals surface area contributed by atoms with Gasteiger partial charge in [0, 0.05) is 33.0 Å². The maximum atomic E-state index is 12.6. The van der Waals surface area contributed by atoms with E-state index < -0.39 is 6.04 Å². The molecule has 6 nitrogen and oxygen atoms in total. The average molecular weight is 307 g/mol. The largest absolute Gasteiger partial charge is 0.385 e. The first-order valence-corrected chi connectivity index (χ1v) is 7.77. The van der Waals surface area contributed by atoms with Gasteiger partial charge >= 0.3 is 0 Å². The minimum absolute atomic E-state index is 0.0676. The zero-order valence-corrected chi connectivity index (χ0v) is 13.5. The van der Waals surface area contributed by atoms with Crippen LogP contribution in [-0.2, 0) is 16.1 Å². The second-order valence-corrected chi connectivity index (χ2v) is 6.05. The summed E-state index contributed by atoms with van der Waals surface area (Å²) in [6.07, 6.45) is 2.62. The maximum Gasteiger partial charge on any atom is 0.271 e. The highest BCUT2D eigenvalue weighted by Gasteiger charge is 2.36. The van der Waals surface area contributed by atoms with Crippen LogP contribution in [0.25, 0.3) is 0 Å². The van der Waals surface area contributed by atoms with Crippen molar-refractivity contribution < 1.29 is 14.3 Å². The van der Waals surface area contributed by atoms with Crippen LogP contribution in [0.15, 0.2) is 18.3 Å². The first kappa shape index (κ1) is 16.5. The van der Waals surface area contributed by atoms with Gasteiger partial charge in [0.05, 0.1) is 6.54 Å². The highest BCUT2D eigenvalue weighted by molar-refractivity contribution is 5.97. The van der Waals surface area contributed by atoms with Crippen LogP contribution in [0.5, 0.6) is 0 Å². The molecule has 0 bridgehead atoms. The average Bonchev–Trinajstić information content (AvgIpc) is 2.94. The molecule has 0 radical (unpaired) electrons. The molecule has 1 atom stereocenters. The molecule has 0 saturated carbocycles. The Morgan fingerprint density at radius 2 is 2.27 bits per heavy atom. The number of nitrogens with zero attached hydrogens (tertiary/aromatic N) is 2. The number of hydrogen-bond donors (Lipinski definition) is 1. The van der Waals surface area contributed by atoms with Crippen molar-refractivity contribution >= 4 is 11.8 Å². The molecule has 122 valence electrons. The number of amides is 2. The fourth-order valence-corrected chi connectivity index (χ4v) is 2.71. The quantitative estimate of drug-likeness (QED) is 0.768. The number of hydrogen-bond acceptors (Lipinski definition) is 3. The Bertz CT molecular complexity index is 524. The summed E-state index contributed by atoms with van der Waals surface area (Å²) in [6.45, 7) is 6.37. The number of fused-ring (bicyclic) bond motifs is 1. The van der Waals surface area contributed by atoms with E-state index in [9.17, 15) is 9.59 Å². The van der Waals surface area contributed by atoms with Gasteiger partial charge in [-0.15, -0.1) is 0 Å². The van der Waals surface area contributed by atoms with Gasteiger partial charge < -0.3 is 19.5 Å². The van der Waals surface area contributed by atoms with Gasteiger partial charge in [-0.25, -0.2) is 0 Å². The molecule has 0 saturated heterocycles. The fraction of sp³-hybridized carbons (Fsp3) is 0.625. The molecule has 0 aliphatic carbocycles. The number of methoxy groups -OCH3 is 1. The second-order valence-electron chi connectivity index (χ2n) is 6.05. The van der Waals surface area contributed by atoms with Crippen molar-refractivity contribution in [3.05, 3.63) is 24.0 Å². The molecule has 1 aliphatic rings. The molecule has 2 heterocycles. The van der Waals surface area contributed by atoms with Crippen LogP contribution >= 0.6 is 0 Å². The minimum Gasteiger partial charge on any atom is -0.385 e. The number of ether oxygens (including phenoxy) is 1. The van der Waals surface area contributed by atoms with E-state index in [1.165, 1.54) is 0 Å². The first-order valence-electron chi connectivity index (χ1n) is 7.77. The van der Waals surface area contributed by atoms with Gasteiger partial charge in [-0.3, -0.25) is 9.59 Å². The zero-order valence-electron chi connectivity index (χ0n) is 13.5. The summed E-state index contributed by atoms with van der Waals surface area (Å²) in [7, 11) is 1.64. The van der Waals surface area contributed by atoms with Gasteiger partial charge in [-0.1, -0.05) is 13.8 Å². The van der Waals surface area contributed by atoms with Gasteiger partial charge in [-0.05, 0) is 24.5 Å². The molecule has 0 aromatic carbocycles. The molecule has 6 heteroatoms. The third kappa shape index (κ3) is 3.68. The molecule has 1 aromatic rings. The van der Waals surface area contributed by atoms with Crippen molar-refractivity contribution in [3.8, 4) is 0 Å². The molecular weight excluding hydrogens is 282 g/mol. The molecule has 1 N–H and O–H groups in total. The van der Waals surface area contributed by atoms with Gasteiger partial charge in [0.2, 0.25) is 5.91 Å². The van der Waals surface area contributed by atoms with E-state index in [0.29, 0.717) is 37.9 Å². The molecular formula is C16H25N3O3. The van der Waals surface area contributed by atoms with E-state index in [-0.39, 0.29) is 11.8 Å². The SMILES string of the molecule is COCCCNC(=O)C1Cn2cccc2C(=O)N1CC(C)C. The topological polar surface area (TPSA) is 63.6 Å². The summed E-state index contributed by atoms with van der Waals surface area (Å²) in [5.74, 6) is 0.153. The monoisotopic (exact) mass is 307 g/mol. The number of aromatic nitrogens is 1. The Hall–Kier alpha value is -1.82. The van der Waals surface area contributed by atoms with Crippen molar-refractivity contribution in [2.24, 2.45) is 5.92 Å². The minimum atomic E-state index is -0.447. The predicted octanol–water partition coefficient (Wildman–Crippen LogP) is 1.12. The summed E-state index contributed by atoms with van der Waals surface area (Å²) in [5, 5.41) is 2.91. The van der Waals surface area contributed by atoms with E-state index in [0.717, 1.165) is 6.42 Å². The Labute approximate surface area is 131 Å². The highest BCUT2D eigenvalue weighted by Crippen LogP contribution is 2.20. The summed E-state index contributed by atoms with van der Waals surface area (Å²) < 4.78 is 6.84. The van der Waals surface area contributed by atoms with Crippen LogP contribution in [0.3, 0.4) is 0 Å². The van der Waals surface area contributed by atoms with Crippen molar-refractivity contribution in [1.29, 1.82) is 0 Å². The van der Waals surface area contributed by atoms with Gasteiger partial charge in [0.15, 0.2) is 0 Å². The van der Waals surface area contributed by atoms with Crippen molar-refractivity contribution in [2.75, 3.05) is 26.8 Å². The third-order valence-electron chi connectivity index (χ3n) is 3.74. The molecule has 2 rings (SSSR count). The molecule has 0 fully saturated rings. The number of carbonyl (C=O) groups excluding carboxylic acids is 2. The van der Waals surface area contributed by atoms with Crippen LogP contribution in [0.2, 0.25) is 0 Å². The normalized spacial score (nSPS) is 17.7. The third-order valence-corrected chi connectivity index (χ3v) is 3.74. The molecule has 2 amide bonds. The van der Waals surface area contributed by atoms with E-state index in [2.05, 4.69) is 19.2 Å². The van der Waals surface area contributed by atoms with Gasteiger partial charge in [-0.2, -0.15) is 0 Å². The van der Waals surface area contributed by atoms with Gasteiger partial charge in [0.1, 0.15) is 11.7 Å².